The fourth-order valence-electron chi connectivity index (χ4n) is 1.68. The van der Waals surface area contributed by atoms with Crippen LogP contribution in [0.4, 0.5) is 0 Å². The van der Waals surface area contributed by atoms with Gasteiger partial charge in [-0.2, -0.15) is 0 Å². The standard InChI is InChI=1S/C13H14BrNS2.C4H4O4/c1-15(2)9-10-5-3-4-6-11(10)16-13-8-7-12(14)17-13;5-3(6)1-2-4(7)8/h3-8H,9H2,1-2H3;1-2H,(H,5,6)(H,7,8)/b;2-1+. The molecule has 0 radical (unpaired) electrons. The molecule has 0 bridgehead atoms. The molecule has 0 saturated carbocycles. The van der Waals surface area contributed by atoms with Crippen LogP contribution in [0.15, 0.2) is 61.4 Å². The van der Waals surface area contributed by atoms with E-state index in [1.807, 2.05) is 11.8 Å². The summed E-state index contributed by atoms with van der Waals surface area (Å²) >= 11 is 7.12. The molecule has 0 amide bonds. The number of carboxylic acid groups (broad SMARTS) is 2. The number of benzene rings is 1. The third-order valence-electron chi connectivity index (χ3n) is 2.59. The third-order valence-corrected chi connectivity index (χ3v) is 5.46. The van der Waals surface area contributed by atoms with Gasteiger partial charge >= 0.3 is 11.9 Å². The van der Waals surface area contributed by atoms with Crippen molar-refractivity contribution in [2.75, 3.05) is 14.1 Å². The van der Waals surface area contributed by atoms with Crippen LogP contribution < -0.4 is 0 Å². The molecule has 134 valence electrons. The van der Waals surface area contributed by atoms with Gasteiger partial charge in [0.25, 0.3) is 0 Å². The lowest BCUT2D eigenvalue weighted by atomic mass is 10.2. The Balaban J connectivity index is 0.000000333. The molecular formula is C17H18BrNO4S2. The van der Waals surface area contributed by atoms with Crippen LogP contribution in [0.2, 0.25) is 0 Å². The first-order valence-corrected chi connectivity index (χ1v) is 9.50. The maximum atomic E-state index is 9.55. The van der Waals surface area contributed by atoms with Gasteiger partial charge in [-0.1, -0.05) is 30.0 Å². The first-order chi connectivity index (χ1) is 11.8. The molecule has 2 rings (SSSR count). The summed E-state index contributed by atoms with van der Waals surface area (Å²) in [5, 5.41) is 15.6. The van der Waals surface area contributed by atoms with E-state index in [0.29, 0.717) is 12.2 Å². The normalized spacial score (nSPS) is 10.6. The summed E-state index contributed by atoms with van der Waals surface area (Å²) in [7, 11) is 4.20. The predicted molar refractivity (Wildman–Crippen MR) is 104 cm³/mol. The van der Waals surface area contributed by atoms with Gasteiger partial charge in [0.05, 0.1) is 8.00 Å². The molecule has 5 nitrogen and oxygen atoms in total. The summed E-state index contributed by atoms with van der Waals surface area (Å²) < 4.78 is 2.51. The van der Waals surface area contributed by atoms with Crippen LogP contribution in [-0.4, -0.2) is 41.1 Å². The molecule has 0 aliphatic carbocycles. The quantitative estimate of drug-likeness (QED) is 0.642. The monoisotopic (exact) mass is 443 g/mol. The second-order valence-electron chi connectivity index (χ2n) is 5.02. The first kappa shape index (κ1) is 21.4. The fourth-order valence-corrected chi connectivity index (χ4v) is 4.59. The zero-order valence-corrected chi connectivity index (χ0v) is 16.9. The van der Waals surface area contributed by atoms with Crippen molar-refractivity contribution in [1.29, 1.82) is 0 Å². The van der Waals surface area contributed by atoms with Crippen molar-refractivity contribution >= 4 is 51.0 Å². The third kappa shape index (κ3) is 9.45. The zero-order valence-electron chi connectivity index (χ0n) is 13.7. The number of aliphatic carboxylic acids is 2. The Hall–Kier alpha value is -1.61. The molecule has 0 aliphatic rings. The molecule has 0 aliphatic heterocycles. The summed E-state index contributed by atoms with van der Waals surface area (Å²) in [6.07, 6.45) is 1.12. The summed E-state index contributed by atoms with van der Waals surface area (Å²) in [4.78, 5) is 22.6. The van der Waals surface area contributed by atoms with Crippen LogP contribution in [0.5, 0.6) is 0 Å². The van der Waals surface area contributed by atoms with Crippen molar-refractivity contribution in [3.8, 4) is 0 Å². The fraction of sp³-hybridized carbons (Fsp3) is 0.176. The highest BCUT2D eigenvalue weighted by molar-refractivity contribution is 9.11. The topological polar surface area (TPSA) is 77.8 Å². The van der Waals surface area contributed by atoms with Gasteiger partial charge in [-0.3, -0.25) is 0 Å². The average Bonchev–Trinajstić information content (AvgIpc) is 2.92. The number of carboxylic acids is 2. The van der Waals surface area contributed by atoms with Crippen molar-refractivity contribution < 1.29 is 19.8 Å². The van der Waals surface area contributed by atoms with E-state index in [1.54, 1.807) is 11.3 Å². The molecule has 0 saturated heterocycles. The molecule has 2 aromatic rings. The number of rotatable bonds is 6. The van der Waals surface area contributed by atoms with Crippen molar-refractivity contribution in [1.82, 2.24) is 4.90 Å². The molecule has 0 atom stereocenters. The number of nitrogens with zero attached hydrogens (tertiary/aromatic N) is 1. The van der Waals surface area contributed by atoms with E-state index in [0.717, 1.165) is 6.54 Å². The van der Waals surface area contributed by atoms with E-state index < -0.39 is 11.9 Å². The van der Waals surface area contributed by atoms with Crippen molar-refractivity contribution in [2.45, 2.75) is 15.6 Å². The molecule has 25 heavy (non-hydrogen) atoms. The minimum absolute atomic E-state index is 0.558. The van der Waals surface area contributed by atoms with Crippen molar-refractivity contribution in [3.63, 3.8) is 0 Å². The number of halogens is 1. The number of carbonyl (C=O) groups is 2. The van der Waals surface area contributed by atoms with Crippen molar-refractivity contribution in [3.05, 3.63) is 57.9 Å². The van der Waals surface area contributed by atoms with Crippen LogP contribution in [-0.2, 0) is 16.1 Å². The SMILES string of the molecule is CN(C)Cc1ccccc1Sc1ccc(Br)s1.O=C(O)/C=C/C(=O)O. The second-order valence-corrected chi connectivity index (χ2v) is 8.82. The molecule has 1 aromatic heterocycles. The van der Waals surface area contributed by atoms with Crippen LogP contribution in [0.25, 0.3) is 0 Å². The maximum Gasteiger partial charge on any atom is 0.328 e. The Morgan fingerprint density at radius 1 is 1.12 bits per heavy atom. The molecule has 0 spiro atoms. The lowest BCUT2D eigenvalue weighted by Crippen LogP contribution is -2.11. The van der Waals surface area contributed by atoms with Gasteiger partial charge in [0.1, 0.15) is 0 Å². The molecule has 8 heteroatoms. The Morgan fingerprint density at radius 3 is 2.20 bits per heavy atom. The van der Waals surface area contributed by atoms with Gasteiger partial charge in [-0.15, -0.1) is 11.3 Å². The summed E-state index contributed by atoms with van der Waals surface area (Å²) in [6.45, 7) is 0.982. The van der Waals surface area contributed by atoms with E-state index in [4.69, 9.17) is 10.2 Å². The molecule has 2 N–H and O–H groups in total. The summed E-state index contributed by atoms with van der Waals surface area (Å²) in [6, 6.07) is 12.9. The summed E-state index contributed by atoms with van der Waals surface area (Å²) in [5.41, 5.74) is 1.38. The molecular weight excluding hydrogens is 426 g/mol. The van der Waals surface area contributed by atoms with Gasteiger partial charge in [-0.25, -0.2) is 9.59 Å². The number of hydrogen-bond acceptors (Lipinski definition) is 5. The minimum Gasteiger partial charge on any atom is -0.478 e. The largest absolute Gasteiger partial charge is 0.478 e. The van der Waals surface area contributed by atoms with Gasteiger partial charge < -0.3 is 15.1 Å². The van der Waals surface area contributed by atoms with E-state index in [2.05, 4.69) is 71.3 Å². The van der Waals surface area contributed by atoms with E-state index in [-0.39, 0.29) is 0 Å². The molecule has 0 unspecified atom stereocenters. The molecule has 0 fully saturated rings. The highest BCUT2D eigenvalue weighted by Crippen LogP contribution is 2.37. The Labute approximate surface area is 163 Å². The smallest absolute Gasteiger partial charge is 0.328 e. The van der Waals surface area contributed by atoms with Gasteiger partial charge in [-0.05, 0) is 53.8 Å². The molecule has 1 aromatic carbocycles. The number of thiophene rings is 1. The van der Waals surface area contributed by atoms with E-state index in [9.17, 15) is 9.59 Å². The average molecular weight is 444 g/mol. The van der Waals surface area contributed by atoms with Crippen LogP contribution in [0, 0.1) is 0 Å². The van der Waals surface area contributed by atoms with E-state index in [1.165, 1.54) is 18.5 Å². The highest BCUT2D eigenvalue weighted by atomic mass is 79.9. The Morgan fingerprint density at radius 2 is 1.72 bits per heavy atom. The minimum atomic E-state index is -1.26. The highest BCUT2D eigenvalue weighted by Gasteiger charge is 2.06. The summed E-state index contributed by atoms with van der Waals surface area (Å²) in [5.74, 6) is -2.51. The lowest BCUT2D eigenvalue weighted by Gasteiger charge is -2.13. The van der Waals surface area contributed by atoms with Gasteiger partial charge in [0.15, 0.2) is 0 Å². The Bertz CT molecular complexity index is 728. The maximum absolute atomic E-state index is 9.55. The van der Waals surface area contributed by atoms with E-state index >= 15 is 0 Å². The predicted octanol–water partition coefficient (Wildman–Crippen LogP) is 4.44. The van der Waals surface area contributed by atoms with Crippen LogP contribution in [0.1, 0.15) is 5.56 Å². The second kappa shape index (κ2) is 11.1. The van der Waals surface area contributed by atoms with Crippen LogP contribution in [0.3, 0.4) is 0 Å². The van der Waals surface area contributed by atoms with Gasteiger partial charge in [0, 0.05) is 23.6 Å². The first-order valence-electron chi connectivity index (χ1n) is 7.07. The van der Waals surface area contributed by atoms with Crippen molar-refractivity contribution in [2.24, 2.45) is 0 Å². The number of hydrogen-bond donors (Lipinski definition) is 2. The lowest BCUT2D eigenvalue weighted by molar-refractivity contribution is -0.134. The van der Waals surface area contributed by atoms with Gasteiger partial charge in [0.2, 0.25) is 0 Å². The zero-order chi connectivity index (χ0) is 18.8. The Kier molecular flexibility index (Phi) is 9.51. The van der Waals surface area contributed by atoms with Crippen LogP contribution >= 0.6 is 39.0 Å². The molecule has 1 heterocycles.